The predicted molar refractivity (Wildman–Crippen MR) is 70.1 cm³/mol. The van der Waals surface area contributed by atoms with Crippen molar-refractivity contribution in [1.29, 1.82) is 0 Å². The lowest BCUT2D eigenvalue weighted by atomic mass is 10.2. The van der Waals surface area contributed by atoms with Gasteiger partial charge in [-0.05, 0) is 37.5 Å². The molecule has 4 heteroatoms. The number of nitrogens with zero attached hydrogens (tertiary/aromatic N) is 1. The fourth-order valence-corrected chi connectivity index (χ4v) is 2.20. The zero-order chi connectivity index (χ0) is 11.4. The fourth-order valence-electron chi connectivity index (χ4n) is 1.61. The first-order valence-electron chi connectivity index (χ1n) is 5.39. The molecule has 0 saturated heterocycles. The predicted octanol–water partition coefficient (Wildman–Crippen LogP) is 3.38. The molecule has 2 heterocycles. The van der Waals surface area contributed by atoms with Crippen molar-refractivity contribution >= 4 is 28.5 Å². The zero-order valence-electron chi connectivity index (χ0n) is 9.56. The van der Waals surface area contributed by atoms with Crippen molar-refractivity contribution < 1.29 is 4.42 Å². The molecule has 1 N–H and O–H groups in total. The second kappa shape index (κ2) is 5.25. The Labute approximate surface area is 99.6 Å². The summed E-state index contributed by atoms with van der Waals surface area (Å²) in [6.07, 6.45) is 6.73. The molecule has 0 aliphatic carbocycles. The van der Waals surface area contributed by atoms with Gasteiger partial charge in [0.15, 0.2) is 0 Å². The second-order valence-electron chi connectivity index (χ2n) is 3.82. The number of nitrogens with one attached hydrogen (secondary N) is 1. The number of hydrogen-bond donors (Lipinski definition) is 1. The van der Waals surface area contributed by atoms with Gasteiger partial charge in [-0.1, -0.05) is 0 Å². The number of rotatable bonds is 5. The van der Waals surface area contributed by atoms with E-state index in [2.05, 4.69) is 23.5 Å². The van der Waals surface area contributed by atoms with Crippen molar-refractivity contribution in [1.82, 2.24) is 4.98 Å². The Hall–Kier alpha value is -1.16. The highest BCUT2D eigenvalue weighted by Crippen LogP contribution is 2.22. The van der Waals surface area contributed by atoms with Crippen LogP contribution in [-0.4, -0.2) is 23.0 Å². The third-order valence-corrected chi connectivity index (χ3v) is 3.16. The fraction of sp³-hybridized carbons (Fsp3) is 0.417. The molecule has 0 aliphatic heterocycles. The van der Waals surface area contributed by atoms with Gasteiger partial charge in [-0.3, -0.25) is 0 Å². The third-order valence-electron chi connectivity index (χ3n) is 2.52. The molecule has 0 aliphatic rings. The number of thioether (sulfide) groups is 1. The molecule has 2 rings (SSSR count). The van der Waals surface area contributed by atoms with Crippen molar-refractivity contribution in [3.63, 3.8) is 0 Å². The Bertz CT molecular complexity index is 455. The van der Waals surface area contributed by atoms with E-state index in [1.807, 2.05) is 23.9 Å². The van der Waals surface area contributed by atoms with E-state index in [1.54, 1.807) is 12.5 Å². The van der Waals surface area contributed by atoms with Gasteiger partial charge < -0.3 is 9.73 Å². The van der Waals surface area contributed by atoms with Gasteiger partial charge in [0.1, 0.15) is 11.4 Å². The van der Waals surface area contributed by atoms with Crippen LogP contribution in [-0.2, 0) is 0 Å². The molecule has 2 aromatic heterocycles. The molecular formula is C12H16N2OS. The minimum atomic E-state index is 0.431. The summed E-state index contributed by atoms with van der Waals surface area (Å²) in [7, 11) is 0. The molecule has 0 saturated carbocycles. The van der Waals surface area contributed by atoms with Gasteiger partial charge in [0.05, 0.1) is 11.6 Å². The Balaban J connectivity index is 2.11. The van der Waals surface area contributed by atoms with Crippen LogP contribution in [0.3, 0.4) is 0 Å². The van der Waals surface area contributed by atoms with E-state index in [4.69, 9.17) is 4.42 Å². The SMILES string of the molecule is CSCCC(C)Nc1nccc2occc12. The summed E-state index contributed by atoms with van der Waals surface area (Å²) in [4.78, 5) is 4.35. The minimum absolute atomic E-state index is 0.431. The standard InChI is InChI=1S/C12H16N2OS/c1-9(5-8-16-2)14-12-10-4-7-15-11(10)3-6-13-12/h3-4,6-7,9H,5,8H2,1-2H3,(H,13,14). The van der Waals surface area contributed by atoms with Crippen LogP contribution < -0.4 is 5.32 Å². The molecule has 0 aromatic carbocycles. The van der Waals surface area contributed by atoms with Crippen LogP contribution in [0.15, 0.2) is 29.0 Å². The Kier molecular flexibility index (Phi) is 3.72. The highest BCUT2D eigenvalue weighted by molar-refractivity contribution is 7.98. The number of aromatic nitrogens is 1. The van der Waals surface area contributed by atoms with Gasteiger partial charge in [0, 0.05) is 12.2 Å². The number of fused-ring (bicyclic) bond motifs is 1. The summed E-state index contributed by atoms with van der Waals surface area (Å²) in [6, 6.07) is 4.26. The molecular weight excluding hydrogens is 220 g/mol. The van der Waals surface area contributed by atoms with Gasteiger partial charge in [-0.2, -0.15) is 11.8 Å². The first-order chi connectivity index (χ1) is 7.81. The van der Waals surface area contributed by atoms with Crippen LogP contribution in [0.1, 0.15) is 13.3 Å². The number of furan rings is 1. The Morgan fingerprint density at radius 2 is 2.38 bits per heavy atom. The molecule has 0 spiro atoms. The zero-order valence-corrected chi connectivity index (χ0v) is 10.4. The largest absolute Gasteiger partial charge is 0.464 e. The molecule has 16 heavy (non-hydrogen) atoms. The van der Waals surface area contributed by atoms with E-state index in [-0.39, 0.29) is 0 Å². The monoisotopic (exact) mass is 236 g/mol. The van der Waals surface area contributed by atoms with E-state index in [9.17, 15) is 0 Å². The Morgan fingerprint density at radius 1 is 1.50 bits per heavy atom. The number of anilines is 1. The molecule has 2 aromatic rings. The molecule has 3 nitrogen and oxygen atoms in total. The van der Waals surface area contributed by atoms with Crippen LogP contribution in [0, 0.1) is 0 Å². The summed E-state index contributed by atoms with van der Waals surface area (Å²) in [5.41, 5.74) is 0.884. The summed E-state index contributed by atoms with van der Waals surface area (Å²) in [5.74, 6) is 2.08. The highest BCUT2D eigenvalue weighted by Gasteiger charge is 2.07. The quantitative estimate of drug-likeness (QED) is 0.863. The van der Waals surface area contributed by atoms with E-state index >= 15 is 0 Å². The van der Waals surface area contributed by atoms with E-state index in [0.717, 1.165) is 29.0 Å². The maximum atomic E-state index is 5.34. The third kappa shape index (κ3) is 2.50. The van der Waals surface area contributed by atoms with Crippen molar-refractivity contribution in [2.75, 3.05) is 17.3 Å². The molecule has 0 bridgehead atoms. The van der Waals surface area contributed by atoms with Gasteiger partial charge >= 0.3 is 0 Å². The minimum Gasteiger partial charge on any atom is -0.464 e. The van der Waals surface area contributed by atoms with Gasteiger partial charge in [0.25, 0.3) is 0 Å². The van der Waals surface area contributed by atoms with Crippen LogP contribution in [0.5, 0.6) is 0 Å². The van der Waals surface area contributed by atoms with Crippen LogP contribution in [0.4, 0.5) is 5.82 Å². The lowest BCUT2D eigenvalue weighted by Gasteiger charge is -2.14. The van der Waals surface area contributed by atoms with Crippen LogP contribution in [0.25, 0.3) is 11.0 Å². The maximum Gasteiger partial charge on any atom is 0.139 e. The molecule has 0 amide bonds. The van der Waals surface area contributed by atoms with Crippen LogP contribution >= 0.6 is 11.8 Å². The van der Waals surface area contributed by atoms with E-state index in [0.29, 0.717) is 6.04 Å². The summed E-state index contributed by atoms with van der Waals surface area (Å²) >= 11 is 1.87. The maximum absolute atomic E-state index is 5.34. The average Bonchev–Trinajstić information content (AvgIpc) is 2.75. The molecule has 0 fully saturated rings. The molecule has 1 atom stereocenters. The number of pyridine rings is 1. The first-order valence-corrected chi connectivity index (χ1v) is 6.78. The van der Waals surface area contributed by atoms with Crippen molar-refractivity contribution in [3.8, 4) is 0 Å². The van der Waals surface area contributed by atoms with Gasteiger partial charge in [-0.25, -0.2) is 4.98 Å². The van der Waals surface area contributed by atoms with E-state index < -0.39 is 0 Å². The second-order valence-corrected chi connectivity index (χ2v) is 4.80. The van der Waals surface area contributed by atoms with E-state index in [1.165, 1.54) is 0 Å². The van der Waals surface area contributed by atoms with Gasteiger partial charge in [-0.15, -0.1) is 0 Å². The van der Waals surface area contributed by atoms with Crippen LogP contribution in [0.2, 0.25) is 0 Å². The Morgan fingerprint density at radius 3 is 3.19 bits per heavy atom. The average molecular weight is 236 g/mol. The smallest absolute Gasteiger partial charge is 0.139 e. The summed E-state index contributed by atoms with van der Waals surface area (Å²) in [5, 5.41) is 4.48. The lowest BCUT2D eigenvalue weighted by molar-refractivity contribution is 0.615. The highest BCUT2D eigenvalue weighted by atomic mass is 32.2. The molecule has 86 valence electrons. The molecule has 0 radical (unpaired) electrons. The van der Waals surface area contributed by atoms with Crippen molar-refractivity contribution in [2.45, 2.75) is 19.4 Å². The van der Waals surface area contributed by atoms with Gasteiger partial charge in [0.2, 0.25) is 0 Å². The topological polar surface area (TPSA) is 38.1 Å². The summed E-state index contributed by atoms with van der Waals surface area (Å²) in [6.45, 7) is 2.18. The molecule has 1 unspecified atom stereocenters. The normalized spacial score (nSPS) is 12.9. The number of hydrogen-bond acceptors (Lipinski definition) is 4. The van der Waals surface area contributed by atoms with Crippen molar-refractivity contribution in [3.05, 3.63) is 24.6 Å². The first kappa shape index (κ1) is 11.3. The summed E-state index contributed by atoms with van der Waals surface area (Å²) < 4.78 is 5.34. The lowest BCUT2D eigenvalue weighted by Crippen LogP contribution is -2.16. The van der Waals surface area contributed by atoms with Crippen molar-refractivity contribution in [2.24, 2.45) is 0 Å².